The Morgan fingerprint density at radius 1 is 1.44 bits per heavy atom. The van der Waals surface area contributed by atoms with E-state index < -0.39 is 5.97 Å². The lowest BCUT2D eigenvalue weighted by molar-refractivity contribution is 0.0612. The van der Waals surface area contributed by atoms with Crippen molar-refractivity contribution in [2.24, 2.45) is 11.1 Å². The minimum atomic E-state index is -1.03. The van der Waals surface area contributed by atoms with Crippen molar-refractivity contribution in [2.45, 2.75) is 19.3 Å². The van der Waals surface area contributed by atoms with E-state index in [1.165, 1.54) is 6.07 Å². The number of benzene rings is 1. The summed E-state index contributed by atoms with van der Waals surface area (Å²) in [5, 5.41) is 9.09. The third-order valence-electron chi connectivity index (χ3n) is 3.62. The predicted octanol–water partition coefficient (Wildman–Crippen LogP) is 1.47. The molecule has 1 fully saturated rings. The SMILES string of the molecule is NCC1(COc2ccc(N)cc2C(=O)O)CCC1. The molecule has 0 unspecified atom stereocenters. The first-order chi connectivity index (χ1) is 8.56. The van der Waals surface area contributed by atoms with Crippen molar-refractivity contribution in [2.75, 3.05) is 18.9 Å². The first kappa shape index (κ1) is 12.7. The van der Waals surface area contributed by atoms with Crippen molar-refractivity contribution in [1.82, 2.24) is 0 Å². The Morgan fingerprint density at radius 3 is 2.67 bits per heavy atom. The summed E-state index contributed by atoms with van der Waals surface area (Å²) in [6, 6.07) is 4.65. The fourth-order valence-electron chi connectivity index (χ4n) is 2.16. The number of hydrogen-bond donors (Lipinski definition) is 3. The van der Waals surface area contributed by atoms with E-state index in [1.807, 2.05) is 0 Å². The van der Waals surface area contributed by atoms with Crippen LogP contribution in [-0.4, -0.2) is 24.2 Å². The van der Waals surface area contributed by atoms with Gasteiger partial charge in [0, 0.05) is 17.6 Å². The van der Waals surface area contributed by atoms with E-state index in [-0.39, 0.29) is 11.0 Å². The second-order valence-corrected chi connectivity index (χ2v) is 4.91. The standard InChI is InChI=1S/C13H18N2O3/c14-7-13(4-1-5-13)8-18-11-3-2-9(15)6-10(11)12(16)17/h2-3,6H,1,4-5,7-8,14-15H2,(H,16,17). The first-order valence-corrected chi connectivity index (χ1v) is 6.02. The normalized spacial score (nSPS) is 16.9. The number of anilines is 1. The molecule has 0 aliphatic heterocycles. The number of carboxylic acid groups (broad SMARTS) is 1. The molecule has 0 bridgehead atoms. The summed E-state index contributed by atoms with van der Waals surface area (Å²) in [7, 11) is 0. The number of hydrogen-bond acceptors (Lipinski definition) is 4. The molecule has 0 atom stereocenters. The first-order valence-electron chi connectivity index (χ1n) is 6.02. The van der Waals surface area contributed by atoms with Crippen LogP contribution in [0.4, 0.5) is 5.69 Å². The van der Waals surface area contributed by atoms with Crippen molar-refractivity contribution < 1.29 is 14.6 Å². The predicted molar refractivity (Wildman–Crippen MR) is 68.6 cm³/mol. The Hall–Kier alpha value is -1.75. The van der Waals surface area contributed by atoms with Crippen molar-refractivity contribution in [1.29, 1.82) is 0 Å². The summed E-state index contributed by atoms with van der Waals surface area (Å²) >= 11 is 0. The molecule has 0 saturated heterocycles. The molecule has 0 spiro atoms. The number of carboxylic acids is 1. The summed E-state index contributed by atoms with van der Waals surface area (Å²) in [5.74, 6) is -0.677. The average Bonchev–Trinajstić information content (AvgIpc) is 2.29. The molecule has 0 amide bonds. The van der Waals surface area contributed by atoms with Gasteiger partial charge in [-0.15, -0.1) is 0 Å². The highest BCUT2D eigenvalue weighted by molar-refractivity contribution is 5.92. The van der Waals surface area contributed by atoms with Crippen LogP contribution in [0.3, 0.4) is 0 Å². The Morgan fingerprint density at radius 2 is 2.17 bits per heavy atom. The van der Waals surface area contributed by atoms with Crippen molar-refractivity contribution in [3.63, 3.8) is 0 Å². The lowest BCUT2D eigenvalue weighted by Crippen LogP contribution is -2.42. The maximum atomic E-state index is 11.1. The molecule has 5 heteroatoms. The van der Waals surface area contributed by atoms with Gasteiger partial charge in [0.1, 0.15) is 11.3 Å². The van der Waals surface area contributed by atoms with Crippen LogP contribution in [0.5, 0.6) is 5.75 Å². The van der Waals surface area contributed by atoms with Gasteiger partial charge >= 0.3 is 5.97 Å². The highest BCUT2D eigenvalue weighted by Crippen LogP contribution is 2.40. The highest BCUT2D eigenvalue weighted by atomic mass is 16.5. The summed E-state index contributed by atoms with van der Waals surface area (Å²) in [5.41, 5.74) is 11.8. The minimum absolute atomic E-state index is 0.0250. The zero-order valence-electron chi connectivity index (χ0n) is 10.2. The number of rotatable bonds is 5. The molecule has 5 N–H and O–H groups in total. The number of nitrogens with two attached hydrogens (primary N) is 2. The summed E-state index contributed by atoms with van der Waals surface area (Å²) in [4.78, 5) is 11.1. The molecule has 1 saturated carbocycles. The lowest BCUT2D eigenvalue weighted by atomic mass is 9.69. The molecule has 2 rings (SSSR count). The van der Waals surface area contributed by atoms with E-state index in [2.05, 4.69) is 0 Å². The van der Waals surface area contributed by atoms with Gasteiger partial charge < -0.3 is 21.3 Å². The van der Waals surface area contributed by atoms with Crippen LogP contribution in [0.15, 0.2) is 18.2 Å². The van der Waals surface area contributed by atoms with E-state index >= 15 is 0 Å². The van der Waals surface area contributed by atoms with Gasteiger partial charge in [0.25, 0.3) is 0 Å². The molecule has 1 aliphatic rings. The zero-order valence-corrected chi connectivity index (χ0v) is 10.2. The van der Waals surface area contributed by atoms with Crippen molar-refractivity contribution >= 4 is 11.7 Å². The van der Waals surface area contributed by atoms with Gasteiger partial charge in [-0.05, 0) is 31.0 Å². The fourth-order valence-corrected chi connectivity index (χ4v) is 2.16. The lowest BCUT2D eigenvalue weighted by Gasteiger charge is -2.40. The quantitative estimate of drug-likeness (QED) is 0.687. The third kappa shape index (κ3) is 2.41. The molecule has 1 aliphatic carbocycles. The maximum Gasteiger partial charge on any atom is 0.339 e. The fraction of sp³-hybridized carbons (Fsp3) is 0.462. The largest absolute Gasteiger partial charge is 0.492 e. The van der Waals surface area contributed by atoms with Crippen LogP contribution in [0.25, 0.3) is 0 Å². The Bertz CT molecular complexity index is 450. The van der Waals surface area contributed by atoms with Gasteiger partial charge in [-0.2, -0.15) is 0 Å². The number of ether oxygens (including phenoxy) is 1. The van der Waals surface area contributed by atoms with Gasteiger partial charge in [0.05, 0.1) is 6.61 Å². The van der Waals surface area contributed by atoms with Crippen LogP contribution in [0.1, 0.15) is 29.6 Å². The van der Waals surface area contributed by atoms with Gasteiger partial charge in [-0.25, -0.2) is 4.79 Å². The number of aromatic carboxylic acids is 1. The molecule has 0 heterocycles. The average molecular weight is 250 g/mol. The topological polar surface area (TPSA) is 98.6 Å². The highest BCUT2D eigenvalue weighted by Gasteiger charge is 2.36. The van der Waals surface area contributed by atoms with Crippen LogP contribution < -0.4 is 16.2 Å². The van der Waals surface area contributed by atoms with Crippen LogP contribution >= 0.6 is 0 Å². The van der Waals surface area contributed by atoms with Crippen molar-refractivity contribution in [3.05, 3.63) is 23.8 Å². The Kier molecular flexibility index (Phi) is 3.43. The smallest absolute Gasteiger partial charge is 0.339 e. The van der Waals surface area contributed by atoms with Crippen LogP contribution in [0, 0.1) is 5.41 Å². The molecular formula is C13H18N2O3. The minimum Gasteiger partial charge on any atom is -0.492 e. The summed E-state index contributed by atoms with van der Waals surface area (Å²) < 4.78 is 5.64. The Labute approximate surface area is 106 Å². The second kappa shape index (κ2) is 4.86. The van der Waals surface area contributed by atoms with Gasteiger partial charge in [0.2, 0.25) is 0 Å². The van der Waals surface area contributed by atoms with E-state index in [0.717, 1.165) is 19.3 Å². The van der Waals surface area contributed by atoms with E-state index in [0.29, 0.717) is 24.6 Å². The number of nitrogen functional groups attached to an aromatic ring is 1. The van der Waals surface area contributed by atoms with E-state index in [9.17, 15) is 4.79 Å². The molecule has 98 valence electrons. The third-order valence-corrected chi connectivity index (χ3v) is 3.62. The molecule has 0 aromatic heterocycles. The monoisotopic (exact) mass is 250 g/mol. The molecule has 1 aromatic carbocycles. The van der Waals surface area contributed by atoms with Crippen LogP contribution in [0.2, 0.25) is 0 Å². The van der Waals surface area contributed by atoms with E-state index in [4.69, 9.17) is 21.3 Å². The maximum absolute atomic E-state index is 11.1. The van der Waals surface area contributed by atoms with Crippen LogP contribution in [-0.2, 0) is 0 Å². The zero-order chi connectivity index (χ0) is 13.2. The summed E-state index contributed by atoms with van der Waals surface area (Å²) in [6.07, 6.45) is 3.25. The molecule has 1 aromatic rings. The molecular weight excluding hydrogens is 232 g/mol. The van der Waals surface area contributed by atoms with Gasteiger partial charge in [-0.1, -0.05) is 6.42 Å². The second-order valence-electron chi connectivity index (χ2n) is 4.91. The van der Waals surface area contributed by atoms with Gasteiger partial charge in [-0.3, -0.25) is 0 Å². The summed E-state index contributed by atoms with van der Waals surface area (Å²) in [6.45, 7) is 1.04. The van der Waals surface area contributed by atoms with Crippen molar-refractivity contribution in [3.8, 4) is 5.75 Å². The van der Waals surface area contributed by atoms with Gasteiger partial charge in [0.15, 0.2) is 0 Å². The number of carbonyl (C=O) groups is 1. The Balaban J connectivity index is 2.11. The van der Waals surface area contributed by atoms with E-state index in [1.54, 1.807) is 12.1 Å². The molecule has 0 radical (unpaired) electrons. The molecule has 18 heavy (non-hydrogen) atoms. The molecule has 5 nitrogen and oxygen atoms in total.